The van der Waals surface area contributed by atoms with Gasteiger partial charge in [0.15, 0.2) is 6.10 Å². The first kappa shape index (κ1) is 62.8. The third-order valence-electron chi connectivity index (χ3n) is 11.9. The van der Waals surface area contributed by atoms with E-state index in [0.29, 0.717) is 19.3 Å². The molecule has 0 rings (SSSR count). The maximum absolute atomic E-state index is 12.8. The zero-order valence-electron chi connectivity index (χ0n) is 43.4. The maximum atomic E-state index is 12.8. The van der Waals surface area contributed by atoms with E-state index in [1.54, 1.807) is 0 Å². The van der Waals surface area contributed by atoms with Gasteiger partial charge in [0.05, 0.1) is 0 Å². The molecule has 0 aliphatic heterocycles. The lowest BCUT2D eigenvalue weighted by molar-refractivity contribution is -0.167. The summed E-state index contributed by atoms with van der Waals surface area (Å²) < 4.78 is 16.8. The van der Waals surface area contributed by atoms with Crippen molar-refractivity contribution in [1.29, 1.82) is 0 Å². The van der Waals surface area contributed by atoms with Crippen molar-refractivity contribution in [2.24, 2.45) is 0 Å². The molecule has 0 aromatic rings. The summed E-state index contributed by atoms with van der Waals surface area (Å²) in [5, 5.41) is 0. The average Bonchev–Trinajstić information content (AvgIpc) is 3.31. The molecule has 380 valence electrons. The lowest BCUT2D eigenvalue weighted by atomic mass is 10.1. The number of ether oxygens (including phenoxy) is 3. The molecule has 0 aromatic heterocycles. The van der Waals surface area contributed by atoms with Crippen LogP contribution in [0.4, 0.5) is 0 Å². The van der Waals surface area contributed by atoms with Gasteiger partial charge < -0.3 is 14.2 Å². The zero-order valence-corrected chi connectivity index (χ0v) is 43.4. The summed E-state index contributed by atoms with van der Waals surface area (Å²) in [5.74, 6) is -0.943. The van der Waals surface area contributed by atoms with Crippen LogP contribution in [0.3, 0.4) is 0 Å². The predicted molar refractivity (Wildman–Crippen MR) is 284 cm³/mol. The minimum Gasteiger partial charge on any atom is -0.462 e. The molecule has 0 fully saturated rings. The molecule has 0 saturated heterocycles. The molecule has 6 heteroatoms. The molecule has 0 saturated carbocycles. The lowest BCUT2D eigenvalue weighted by Crippen LogP contribution is -2.30. The van der Waals surface area contributed by atoms with Crippen molar-refractivity contribution in [3.05, 3.63) is 72.9 Å². The Morgan fingerprint density at radius 2 is 0.591 bits per heavy atom. The first-order valence-corrected chi connectivity index (χ1v) is 27.9. The van der Waals surface area contributed by atoms with E-state index in [0.717, 1.165) is 96.3 Å². The highest BCUT2D eigenvalue weighted by molar-refractivity contribution is 5.71. The van der Waals surface area contributed by atoms with Crippen LogP contribution in [0, 0.1) is 0 Å². The molecular weight excluding hydrogens is 817 g/mol. The van der Waals surface area contributed by atoms with Gasteiger partial charge in [-0.05, 0) is 109 Å². The topological polar surface area (TPSA) is 78.9 Å². The number of hydrogen-bond acceptors (Lipinski definition) is 6. The molecule has 1 atom stereocenters. The Balaban J connectivity index is 4.45. The van der Waals surface area contributed by atoms with Gasteiger partial charge in [0, 0.05) is 19.3 Å². The summed E-state index contributed by atoms with van der Waals surface area (Å²) >= 11 is 0. The molecule has 0 heterocycles. The van der Waals surface area contributed by atoms with E-state index >= 15 is 0 Å². The van der Waals surface area contributed by atoms with Gasteiger partial charge in [-0.15, -0.1) is 0 Å². The standard InChI is InChI=1S/C60H104O6/c1-4-7-10-13-16-19-22-25-28-30-33-35-38-41-44-47-50-53-59(62)65-56-57(55-64-58(61)52-49-46-43-40-37-34-31-27-24-21-18-15-12-9-6-3)66-60(63)54-51-48-45-42-39-36-32-29-26-23-20-17-14-11-8-5-2/h9,12,18,21,25,27-29,31-32,37,40,57H,4-8,10-11,13-17,19-20,22-24,26,30,33-36,38-39,41-56H2,1-3H3/b12-9-,21-18-,28-25-,31-27-,32-29-,40-37-. The minimum atomic E-state index is -0.798. The number of allylic oxidation sites excluding steroid dienone is 12. The summed E-state index contributed by atoms with van der Waals surface area (Å²) in [5.41, 5.74) is 0. The Morgan fingerprint density at radius 1 is 0.318 bits per heavy atom. The molecule has 0 bridgehead atoms. The molecule has 0 aliphatic carbocycles. The lowest BCUT2D eigenvalue weighted by Gasteiger charge is -2.18. The fraction of sp³-hybridized carbons (Fsp3) is 0.750. The quantitative estimate of drug-likeness (QED) is 0.0262. The molecule has 0 spiro atoms. The van der Waals surface area contributed by atoms with Crippen molar-refractivity contribution in [1.82, 2.24) is 0 Å². The van der Waals surface area contributed by atoms with Crippen molar-refractivity contribution in [2.45, 2.75) is 277 Å². The van der Waals surface area contributed by atoms with Crippen LogP contribution >= 0.6 is 0 Å². The number of unbranched alkanes of at least 4 members (excludes halogenated alkanes) is 27. The van der Waals surface area contributed by atoms with Gasteiger partial charge in [-0.1, -0.05) is 216 Å². The van der Waals surface area contributed by atoms with Crippen LogP contribution in [-0.4, -0.2) is 37.2 Å². The summed E-state index contributed by atoms with van der Waals surface area (Å²) in [6, 6.07) is 0. The molecule has 0 radical (unpaired) electrons. The second kappa shape index (κ2) is 54.5. The fourth-order valence-corrected chi connectivity index (χ4v) is 7.72. The Kier molecular flexibility index (Phi) is 51.9. The van der Waals surface area contributed by atoms with Gasteiger partial charge in [0.25, 0.3) is 0 Å². The van der Waals surface area contributed by atoms with E-state index in [-0.39, 0.29) is 31.1 Å². The Hall–Kier alpha value is -3.15. The predicted octanol–water partition coefficient (Wildman–Crippen LogP) is 18.6. The third-order valence-corrected chi connectivity index (χ3v) is 11.9. The largest absolute Gasteiger partial charge is 0.462 e. The summed E-state index contributed by atoms with van der Waals surface area (Å²) in [6.07, 6.45) is 68.9. The molecule has 0 amide bonds. The van der Waals surface area contributed by atoms with Gasteiger partial charge in [-0.25, -0.2) is 0 Å². The monoisotopic (exact) mass is 921 g/mol. The van der Waals surface area contributed by atoms with E-state index in [4.69, 9.17) is 14.2 Å². The number of carbonyl (C=O) groups excluding carboxylic acids is 3. The highest BCUT2D eigenvalue weighted by Gasteiger charge is 2.19. The average molecular weight is 921 g/mol. The van der Waals surface area contributed by atoms with E-state index in [2.05, 4.69) is 93.7 Å². The molecule has 1 unspecified atom stereocenters. The van der Waals surface area contributed by atoms with Crippen molar-refractivity contribution in [3.8, 4) is 0 Å². The number of hydrogen-bond donors (Lipinski definition) is 0. The normalized spacial score (nSPS) is 12.6. The van der Waals surface area contributed by atoms with E-state index in [1.807, 2.05) is 0 Å². The van der Waals surface area contributed by atoms with Gasteiger partial charge in [-0.2, -0.15) is 0 Å². The van der Waals surface area contributed by atoms with Crippen molar-refractivity contribution in [3.63, 3.8) is 0 Å². The van der Waals surface area contributed by atoms with E-state index in [1.165, 1.54) is 135 Å². The number of carbonyl (C=O) groups is 3. The van der Waals surface area contributed by atoms with Crippen LogP contribution in [0.25, 0.3) is 0 Å². The first-order valence-electron chi connectivity index (χ1n) is 27.9. The van der Waals surface area contributed by atoms with E-state index in [9.17, 15) is 14.4 Å². The number of rotatable bonds is 50. The minimum absolute atomic E-state index is 0.0937. The Labute approximate surface area is 408 Å². The Bertz CT molecular complexity index is 1240. The van der Waals surface area contributed by atoms with Crippen molar-refractivity contribution < 1.29 is 28.6 Å². The summed E-state index contributed by atoms with van der Waals surface area (Å²) in [7, 11) is 0. The second-order valence-corrected chi connectivity index (χ2v) is 18.5. The smallest absolute Gasteiger partial charge is 0.306 e. The van der Waals surface area contributed by atoms with Crippen molar-refractivity contribution in [2.75, 3.05) is 13.2 Å². The molecule has 6 nitrogen and oxygen atoms in total. The van der Waals surface area contributed by atoms with Crippen LogP contribution in [0.2, 0.25) is 0 Å². The molecule has 66 heavy (non-hydrogen) atoms. The van der Waals surface area contributed by atoms with Crippen molar-refractivity contribution >= 4 is 17.9 Å². The first-order chi connectivity index (χ1) is 32.5. The van der Waals surface area contributed by atoms with Crippen LogP contribution in [0.1, 0.15) is 271 Å². The van der Waals surface area contributed by atoms with Gasteiger partial charge in [0.2, 0.25) is 0 Å². The molecule has 0 aliphatic rings. The maximum Gasteiger partial charge on any atom is 0.306 e. The molecule has 0 N–H and O–H groups in total. The fourth-order valence-electron chi connectivity index (χ4n) is 7.72. The SMILES string of the molecule is CC/C=C\C/C=C\C/C=C\C/C=C\CCCCC(=O)OCC(COC(=O)CCCCCCCCC/C=C\CCCCCCCC)OC(=O)CCCCCCC/C=C\CCCCCCCCC. The van der Waals surface area contributed by atoms with Gasteiger partial charge >= 0.3 is 17.9 Å². The molecule has 0 aromatic carbocycles. The highest BCUT2D eigenvalue weighted by Crippen LogP contribution is 2.14. The third kappa shape index (κ3) is 51.8. The van der Waals surface area contributed by atoms with Gasteiger partial charge in [-0.3, -0.25) is 14.4 Å². The summed E-state index contributed by atoms with van der Waals surface area (Å²) in [4.78, 5) is 38.1. The van der Waals surface area contributed by atoms with Crippen LogP contribution < -0.4 is 0 Å². The highest BCUT2D eigenvalue weighted by atomic mass is 16.6. The summed E-state index contributed by atoms with van der Waals surface area (Å²) in [6.45, 7) is 6.49. The zero-order chi connectivity index (χ0) is 47.9. The van der Waals surface area contributed by atoms with Crippen LogP contribution in [0.5, 0.6) is 0 Å². The number of esters is 3. The Morgan fingerprint density at radius 3 is 0.970 bits per heavy atom. The van der Waals surface area contributed by atoms with Crippen LogP contribution in [-0.2, 0) is 28.6 Å². The molecular formula is C60H104O6. The van der Waals surface area contributed by atoms with Crippen LogP contribution in [0.15, 0.2) is 72.9 Å². The second-order valence-electron chi connectivity index (χ2n) is 18.5. The van der Waals surface area contributed by atoms with E-state index < -0.39 is 6.10 Å². The van der Waals surface area contributed by atoms with Gasteiger partial charge in [0.1, 0.15) is 13.2 Å².